The highest BCUT2D eigenvalue weighted by Crippen LogP contribution is 2.43. The third kappa shape index (κ3) is 2.13. The molecule has 0 radical (unpaired) electrons. The van der Waals surface area contributed by atoms with Crippen molar-refractivity contribution >= 4 is 28.9 Å². The first-order valence-corrected chi connectivity index (χ1v) is 6.37. The smallest absolute Gasteiger partial charge is 0.104 e. The van der Waals surface area contributed by atoms with Gasteiger partial charge in [-0.15, -0.1) is 0 Å². The Morgan fingerprint density at radius 1 is 1.47 bits per heavy atom. The molecule has 2 rings (SSSR count). The van der Waals surface area contributed by atoms with Crippen LogP contribution in [0.5, 0.6) is 0 Å². The molecule has 0 amide bonds. The van der Waals surface area contributed by atoms with Crippen LogP contribution in [0.25, 0.3) is 0 Å². The summed E-state index contributed by atoms with van der Waals surface area (Å²) in [6, 6.07) is 3.53. The minimum absolute atomic E-state index is 0.186. The summed E-state index contributed by atoms with van der Waals surface area (Å²) in [7, 11) is 1.95. The lowest BCUT2D eigenvalue weighted by Gasteiger charge is -2.29. The van der Waals surface area contributed by atoms with Gasteiger partial charge in [0.05, 0.1) is 15.7 Å². The topological polar surface area (TPSA) is 49.5 Å². The van der Waals surface area contributed by atoms with Crippen LogP contribution >= 0.6 is 23.2 Å². The summed E-state index contributed by atoms with van der Waals surface area (Å²) in [5.74, 6) is 0. The van der Waals surface area contributed by atoms with E-state index >= 15 is 0 Å². The lowest BCUT2D eigenvalue weighted by molar-refractivity contribution is 0.0379. The lowest BCUT2D eigenvalue weighted by atomic mass is 9.89. The van der Waals surface area contributed by atoms with Crippen LogP contribution in [0, 0.1) is 0 Å². The minimum Gasteiger partial charge on any atom is -0.384 e. The molecule has 1 aliphatic heterocycles. The quantitative estimate of drug-likeness (QED) is 0.827. The van der Waals surface area contributed by atoms with Crippen molar-refractivity contribution in [2.75, 3.05) is 25.0 Å². The van der Waals surface area contributed by atoms with Crippen LogP contribution < -0.4 is 10.6 Å². The SMILES string of the molecule is CN1CCCC(O)(CN)c2ccc(Cl)c(Cl)c21. The van der Waals surface area contributed by atoms with Gasteiger partial charge in [0.25, 0.3) is 0 Å². The molecule has 3 nitrogen and oxygen atoms in total. The third-order valence-corrected chi connectivity index (χ3v) is 4.17. The molecule has 5 heteroatoms. The normalized spacial score (nSPS) is 24.4. The van der Waals surface area contributed by atoms with Gasteiger partial charge >= 0.3 is 0 Å². The van der Waals surface area contributed by atoms with Gasteiger partial charge in [-0.25, -0.2) is 0 Å². The first-order chi connectivity index (χ1) is 7.99. The molecular weight excluding hydrogens is 259 g/mol. The molecule has 0 saturated heterocycles. The number of halogens is 2. The van der Waals surface area contributed by atoms with Crippen LogP contribution in [-0.4, -0.2) is 25.2 Å². The summed E-state index contributed by atoms with van der Waals surface area (Å²) in [6.07, 6.45) is 1.51. The number of aliphatic hydroxyl groups is 1. The molecule has 0 aromatic heterocycles. The molecule has 94 valence electrons. The van der Waals surface area contributed by atoms with E-state index in [1.165, 1.54) is 0 Å². The Morgan fingerprint density at radius 3 is 2.82 bits per heavy atom. The maximum atomic E-state index is 10.6. The fourth-order valence-corrected chi connectivity index (χ4v) is 2.82. The number of nitrogens with two attached hydrogens (primary N) is 1. The number of hydrogen-bond acceptors (Lipinski definition) is 3. The van der Waals surface area contributed by atoms with Gasteiger partial charge in [0.1, 0.15) is 5.60 Å². The summed E-state index contributed by atoms with van der Waals surface area (Å²) < 4.78 is 0. The molecule has 0 fully saturated rings. The first-order valence-electron chi connectivity index (χ1n) is 5.61. The van der Waals surface area contributed by atoms with Gasteiger partial charge in [0.15, 0.2) is 0 Å². The molecular formula is C12H16Cl2N2O. The van der Waals surface area contributed by atoms with E-state index in [9.17, 15) is 5.11 Å². The standard InChI is InChI=1S/C12H16Cl2N2O/c1-16-6-2-5-12(17,7-15)8-3-4-9(13)10(14)11(8)16/h3-4,17H,2,5-7,15H2,1H3. The zero-order chi connectivity index (χ0) is 12.6. The first kappa shape index (κ1) is 13.0. The second-order valence-corrected chi connectivity index (χ2v) is 5.30. The summed E-state index contributed by atoms with van der Waals surface area (Å²) >= 11 is 12.3. The fraction of sp³-hybridized carbons (Fsp3) is 0.500. The molecule has 3 N–H and O–H groups in total. The molecule has 1 aromatic rings. The average Bonchev–Trinajstić information content (AvgIpc) is 2.43. The Bertz CT molecular complexity index is 439. The molecule has 0 bridgehead atoms. The van der Waals surface area contributed by atoms with Gasteiger partial charge in [0, 0.05) is 25.7 Å². The van der Waals surface area contributed by atoms with E-state index in [4.69, 9.17) is 28.9 Å². The molecule has 1 heterocycles. The highest BCUT2D eigenvalue weighted by Gasteiger charge is 2.34. The van der Waals surface area contributed by atoms with Crippen molar-refractivity contribution in [3.05, 3.63) is 27.7 Å². The van der Waals surface area contributed by atoms with Gasteiger partial charge < -0.3 is 15.7 Å². The van der Waals surface area contributed by atoms with E-state index in [-0.39, 0.29) is 6.54 Å². The molecule has 0 saturated carbocycles. The largest absolute Gasteiger partial charge is 0.384 e. The van der Waals surface area contributed by atoms with E-state index in [1.54, 1.807) is 6.07 Å². The van der Waals surface area contributed by atoms with Gasteiger partial charge in [-0.2, -0.15) is 0 Å². The highest BCUT2D eigenvalue weighted by atomic mass is 35.5. The Balaban J connectivity index is 2.66. The molecule has 1 aliphatic rings. The lowest BCUT2D eigenvalue weighted by Crippen LogP contribution is -2.34. The van der Waals surface area contributed by atoms with E-state index in [0.717, 1.165) is 24.2 Å². The summed E-state index contributed by atoms with van der Waals surface area (Å²) in [6.45, 7) is 1.02. The van der Waals surface area contributed by atoms with Crippen molar-refractivity contribution in [3.8, 4) is 0 Å². The van der Waals surface area contributed by atoms with Crippen molar-refractivity contribution in [2.24, 2.45) is 5.73 Å². The minimum atomic E-state index is -1.01. The van der Waals surface area contributed by atoms with Crippen molar-refractivity contribution in [1.29, 1.82) is 0 Å². The van der Waals surface area contributed by atoms with Gasteiger partial charge in [0.2, 0.25) is 0 Å². The highest BCUT2D eigenvalue weighted by molar-refractivity contribution is 6.43. The van der Waals surface area contributed by atoms with Crippen molar-refractivity contribution in [1.82, 2.24) is 0 Å². The van der Waals surface area contributed by atoms with Crippen molar-refractivity contribution < 1.29 is 5.11 Å². The van der Waals surface area contributed by atoms with E-state index in [0.29, 0.717) is 16.5 Å². The Kier molecular flexibility index (Phi) is 3.55. The number of rotatable bonds is 1. The van der Waals surface area contributed by atoms with Crippen molar-refractivity contribution in [2.45, 2.75) is 18.4 Å². The Hall–Kier alpha value is -0.480. The predicted octanol–water partition coefficient (Wildman–Crippen LogP) is 2.37. The van der Waals surface area contributed by atoms with E-state index < -0.39 is 5.60 Å². The van der Waals surface area contributed by atoms with Crippen LogP contribution in [0.3, 0.4) is 0 Å². The number of anilines is 1. The van der Waals surface area contributed by atoms with Crippen LogP contribution in [0.15, 0.2) is 12.1 Å². The number of hydrogen-bond donors (Lipinski definition) is 2. The van der Waals surface area contributed by atoms with Gasteiger partial charge in [-0.1, -0.05) is 29.3 Å². The Morgan fingerprint density at radius 2 is 2.18 bits per heavy atom. The molecule has 0 aliphatic carbocycles. The van der Waals surface area contributed by atoms with Crippen molar-refractivity contribution in [3.63, 3.8) is 0 Å². The van der Waals surface area contributed by atoms with Gasteiger partial charge in [-0.05, 0) is 18.9 Å². The second-order valence-electron chi connectivity index (χ2n) is 4.52. The zero-order valence-corrected chi connectivity index (χ0v) is 11.2. The maximum absolute atomic E-state index is 10.6. The van der Waals surface area contributed by atoms with Crippen LogP contribution in [0.4, 0.5) is 5.69 Å². The third-order valence-electron chi connectivity index (χ3n) is 3.37. The number of nitrogens with zero attached hydrogens (tertiary/aromatic N) is 1. The number of benzene rings is 1. The second kappa shape index (κ2) is 4.65. The summed E-state index contributed by atoms with van der Waals surface area (Å²) in [4.78, 5) is 2.02. The van der Waals surface area contributed by atoms with Crippen LogP contribution in [-0.2, 0) is 5.60 Å². The van der Waals surface area contributed by atoms with E-state index in [2.05, 4.69) is 0 Å². The molecule has 1 unspecified atom stereocenters. The molecule has 1 atom stereocenters. The molecule has 17 heavy (non-hydrogen) atoms. The molecule has 1 aromatic carbocycles. The summed E-state index contributed by atoms with van der Waals surface area (Å²) in [5.41, 5.74) is 6.27. The van der Waals surface area contributed by atoms with Crippen LogP contribution in [0.1, 0.15) is 18.4 Å². The van der Waals surface area contributed by atoms with E-state index in [1.807, 2.05) is 18.0 Å². The van der Waals surface area contributed by atoms with Crippen LogP contribution in [0.2, 0.25) is 10.0 Å². The predicted molar refractivity (Wildman–Crippen MR) is 71.9 cm³/mol. The maximum Gasteiger partial charge on any atom is 0.104 e. The number of fused-ring (bicyclic) bond motifs is 1. The zero-order valence-electron chi connectivity index (χ0n) is 9.71. The fourth-order valence-electron chi connectivity index (χ4n) is 2.36. The monoisotopic (exact) mass is 274 g/mol. The average molecular weight is 275 g/mol. The Labute approximate surface area is 111 Å². The molecule has 0 spiro atoms. The van der Waals surface area contributed by atoms with Gasteiger partial charge in [-0.3, -0.25) is 0 Å². The summed E-state index contributed by atoms with van der Waals surface area (Å²) in [5, 5.41) is 11.6.